The smallest absolute Gasteiger partial charge is 0.213 e. The molecule has 2 aromatic carbocycles. The molecule has 0 heterocycles. The fourth-order valence-electron chi connectivity index (χ4n) is 1.73. The zero-order valence-electron chi connectivity index (χ0n) is 11.3. The first-order valence-electron chi connectivity index (χ1n) is 6.29. The first kappa shape index (κ1) is 17.3. The van der Waals surface area contributed by atoms with E-state index in [2.05, 4.69) is 5.32 Å². The monoisotopic (exact) mass is 365 g/mol. The zero-order chi connectivity index (χ0) is 16.2. The van der Waals surface area contributed by atoms with Crippen molar-refractivity contribution in [3.8, 4) is 0 Å². The van der Waals surface area contributed by atoms with Crippen LogP contribution in [0.5, 0.6) is 0 Å². The van der Waals surface area contributed by atoms with E-state index in [0.29, 0.717) is 11.3 Å². The van der Waals surface area contributed by atoms with E-state index in [9.17, 15) is 8.78 Å². The fraction of sp³-hybridized carbons (Fsp3) is 0.200. The molecule has 0 aliphatic rings. The molecule has 0 saturated carbocycles. The molecule has 0 aromatic heterocycles. The minimum atomic E-state index is -1.49. The number of hydrogen-bond acceptors (Lipinski definition) is 2. The molecule has 7 heteroatoms. The van der Waals surface area contributed by atoms with Gasteiger partial charge in [-0.3, -0.25) is 0 Å². The van der Waals surface area contributed by atoms with E-state index in [0.717, 1.165) is 0 Å². The molecule has 118 valence electrons. The SMILES string of the molecule is Fc1ccc(Nc2cc(COCC(Cl)(Cl)Cl)ccc2F)cc1. The standard InChI is InChI=1S/C15H12Cl3F2NO/c16-15(17,18)9-22-8-10-1-6-13(20)14(7-10)21-12-4-2-11(19)3-5-12/h1-7,21H,8-9H2. The van der Waals surface area contributed by atoms with Crippen LogP contribution in [-0.4, -0.2) is 10.4 Å². The van der Waals surface area contributed by atoms with Crippen LogP contribution in [0.25, 0.3) is 0 Å². The van der Waals surface area contributed by atoms with Crippen LogP contribution in [-0.2, 0) is 11.3 Å². The van der Waals surface area contributed by atoms with Crippen LogP contribution < -0.4 is 5.32 Å². The third kappa shape index (κ3) is 5.61. The molecular formula is C15H12Cl3F2NO. The summed E-state index contributed by atoms with van der Waals surface area (Å²) < 4.78 is 30.4. The number of alkyl halides is 3. The van der Waals surface area contributed by atoms with Gasteiger partial charge in [-0.1, -0.05) is 40.9 Å². The average Bonchev–Trinajstić information content (AvgIpc) is 2.43. The maximum atomic E-state index is 13.8. The molecule has 0 saturated heterocycles. The van der Waals surface area contributed by atoms with Gasteiger partial charge in [-0.05, 0) is 42.0 Å². The quantitative estimate of drug-likeness (QED) is 0.696. The Bertz CT molecular complexity index is 630. The molecule has 0 amide bonds. The number of halogens is 5. The van der Waals surface area contributed by atoms with Crippen molar-refractivity contribution in [1.29, 1.82) is 0 Å². The van der Waals surface area contributed by atoms with E-state index in [-0.39, 0.29) is 24.7 Å². The maximum Gasteiger partial charge on any atom is 0.213 e. The molecule has 2 aromatic rings. The summed E-state index contributed by atoms with van der Waals surface area (Å²) in [5.41, 5.74) is 1.53. The third-order valence-electron chi connectivity index (χ3n) is 2.69. The Hall–Kier alpha value is -1.07. The minimum absolute atomic E-state index is 0.0736. The van der Waals surface area contributed by atoms with Gasteiger partial charge in [0, 0.05) is 5.69 Å². The Balaban J connectivity index is 2.05. The first-order valence-corrected chi connectivity index (χ1v) is 7.42. The molecule has 0 spiro atoms. The zero-order valence-corrected chi connectivity index (χ0v) is 13.5. The predicted molar refractivity (Wildman–Crippen MR) is 86.0 cm³/mol. The van der Waals surface area contributed by atoms with Gasteiger partial charge in [0.25, 0.3) is 0 Å². The number of nitrogens with one attached hydrogen (secondary N) is 1. The molecule has 0 fully saturated rings. The van der Waals surface area contributed by atoms with Crippen molar-refractivity contribution in [1.82, 2.24) is 0 Å². The van der Waals surface area contributed by atoms with Gasteiger partial charge in [-0.25, -0.2) is 8.78 Å². The van der Waals surface area contributed by atoms with Crippen molar-refractivity contribution < 1.29 is 13.5 Å². The fourth-order valence-corrected chi connectivity index (χ4v) is 1.96. The van der Waals surface area contributed by atoms with Crippen molar-refractivity contribution >= 4 is 46.2 Å². The summed E-state index contributed by atoms with van der Waals surface area (Å²) in [6, 6.07) is 10.1. The molecule has 0 aliphatic carbocycles. The van der Waals surface area contributed by atoms with E-state index >= 15 is 0 Å². The van der Waals surface area contributed by atoms with Gasteiger partial charge in [0.2, 0.25) is 3.79 Å². The molecule has 0 bridgehead atoms. The van der Waals surface area contributed by atoms with Crippen LogP contribution in [0, 0.1) is 11.6 Å². The lowest BCUT2D eigenvalue weighted by molar-refractivity contribution is 0.126. The van der Waals surface area contributed by atoms with Gasteiger partial charge in [-0.2, -0.15) is 0 Å². The minimum Gasteiger partial charge on any atom is -0.372 e. The maximum absolute atomic E-state index is 13.8. The number of rotatable bonds is 5. The normalized spacial score (nSPS) is 11.5. The van der Waals surface area contributed by atoms with Crippen molar-refractivity contribution in [3.05, 3.63) is 59.7 Å². The first-order chi connectivity index (χ1) is 10.3. The lowest BCUT2D eigenvalue weighted by Crippen LogP contribution is -2.12. The highest BCUT2D eigenvalue weighted by atomic mass is 35.6. The Kier molecular flexibility index (Phi) is 5.87. The summed E-state index contributed by atoms with van der Waals surface area (Å²) in [5.74, 6) is -0.797. The van der Waals surface area contributed by atoms with Crippen LogP contribution >= 0.6 is 34.8 Å². The Labute approximate surface area is 141 Å². The van der Waals surface area contributed by atoms with Gasteiger partial charge in [0.15, 0.2) is 0 Å². The molecular weight excluding hydrogens is 355 g/mol. The number of ether oxygens (including phenoxy) is 1. The summed E-state index contributed by atoms with van der Waals surface area (Å²) in [7, 11) is 0. The van der Waals surface area contributed by atoms with Crippen LogP contribution in [0.4, 0.5) is 20.2 Å². The average molecular weight is 367 g/mol. The van der Waals surface area contributed by atoms with E-state index in [1.54, 1.807) is 12.1 Å². The van der Waals surface area contributed by atoms with Crippen LogP contribution in [0.3, 0.4) is 0 Å². The largest absolute Gasteiger partial charge is 0.372 e. The van der Waals surface area contributed by atoms with Crippen molar-refractivity contribution in [2.45, 2.75) is 10.4 Å². The van der Waals surface area contributed by atoms with Crippen LogP contribution in [0.2, 0.25) is 0 Å². The van der Waals surface area contributed by atoms with Gasteiger partial charge >= 0.3 is 0 Å². The summed E-state index contributed by atoms with van der Waals surface area (Å²) in [6.45, 7) is 0.0993. The lowest BCUT2D eigenvalue weighted by Gasteiger charge is -2.13. The Morgan fingerprint density at radius 1 is 1.00 bits per heavy atom. The van der Waals surface area contributed by atoms with E-state index in [4.69, 9.17) is 39.5 Å². The Morgan fingerprint density at radius 2 is 1.68 bits per heavy atom. The summed E-state index contributed by atoms with van der Waals surface area (Å²) in [5, 5.41) is 2.87. The van der Waals surface area contributed by atoms with Gasteiger partial charge in [0.1, 0.15) is 11.6 Å². The number of hydrogen-bond donors (Lipinski definition) is 1. The van der Waals surface area contributed by atoms with Crippen molar-refractivity contribution in [2.24, 2.45) is 0 Å². The van der Waals surface area contributed by atoms with Crippen LogP contribution in [0.1, 0.15) is 5.56 Å². The molecule has 0 aliphatic heterocycles. The van der Waals surface area contributed by atoms with E-state index in [1.807, 2.05) is 0 Å². The summed E-state index contributed by atoms with van der Waals surface area (Å²) in [4.78, 5) is 0. The number of anilines is 2. The summed E-state index contributed by atoms with van der Waals surface area (Å²) >= 11 is 16.7. The predicted octanol–water partition coefficient (Wildman–Crippen LogP) is 5.60. The van der Waals surface area contributed by atoms with Gasteiger partial charge in [0.05, 0.1) is 18.9 Å². The highest BCUT2D eigenvalue weighted by Gasteiger charge is 2.19. The van der Waals surface area contributed by atoms with Crippen LogP contribution in [0.15, 0.2) is 42.5 Å². The topological polar surface area (TPSA) is 21.3 Å². The highest BCUT2D eigenvalue weighted by molar-refractivity contribution is 6.67. The molecule has 0 unspecified atom stereocenters. The second-order valence-corrected chi connectivity index (χ2v) is 7.07. The van der Waals surface area contributed by atoms with E-state index < -0.39 is 9.61 Å². The van der Waals surface area contributed by atoms with Gasteiger partial charge < -0.3 is 10.1 Å². The summed E-state index contributed by atoms with van der Waals surface area (Å²) in [6.07, 6.45) is 0. The molecule has 2 nitrogen and oxygen atoms in total. The molecule has 0 radical (unpaired) electrons. The highest BCUT2D eigenvalue weighted by Crippen LogP contribution is 2.27. The Morgan fingerprint density at radius 3 is 2.32 bits per heavy atom. The lowest BCUT2D eigenvalue weighted by atomic mass is 10.2. The third-order valence-corrected chi connectivity index (χ3v) is 3.02. The van der Waals surface area contributed by atoms with Crippen molar-refractivity contribution in [2.75, 3.05) is 11.9 Å². The molecule has 1 N–H and O–H groups in total. The van der Waals surface area contributed by atoms with Gasteiger partial charge in [-0.15, -0.1) is 0 Å². The second kappa shape index (κ2) is 7.47. The molecule has 0 atom stereocenters. The molecule has 22 heavy (non-hydrogen) atoms. The number of benzene rings is 2. The molecule has 2 rings (SSSR count). The second-order valence-electron chi connectivity index (χ2n) is 4.55. The van der Waals surface area contributed by atoms with Crippen molar-refractivity contribution in [3.63, 3.8) is 0 Å². The van der Waals surface area contributed by atoms with E-state index in [1.165, 1.54) is 30.3 Å².